The average molecular weight is 370 g/mol. The molecule has 0 spiro atoms. The van der Waals surface area contributed by atoms with Gasteiger partial charge in [-0.25, -0.2) is 0 Å². The van der Waals surface area contributed by atoms with E-state index in [0.717, 1.165) is 23.7 Å². The molecule has 27 heavy (non-hydrogen) atoms. The number of benzene rings is 1. The third-order valence-electron chi connectivity index (χ3n) is 5.35. The Balaban J connectivity index is 1.62. The van der Waals surface area contributed by atoms with Crippen LogP contribution in [-0.4, -0.2) is 59.7 Å². The van der Waals surface area contributed by atoms with E-state index in [9.17, 15) is 19.2 Å². The van der Waals surface area contributed by atoms with Gasteiger partial charge in [0.15, 0.2) is 0 Å². The number of amides is 4. The third kappa shape index (κ3) is 2.99. The number of carbonyl (C=O) groups is 4. The molecule has 2 fully saturated rings. The monoisotopic (exact) mass is 370 g/mol. The van der Waals surface area contributed by atoms with E-state index in [2.05, 4.69) is 29.4 Å². The highest BCUT2D eigenvalue weighted by atomic mass is 16.2. The number of fused-ring (bicyclic) bond motifs is 1. The number of carbonyl (C=O) groups excluding carboxylic acids is 4. The van der Waals surface area contributed by atoms with Crippen molar-refractivity contribution in [2.45, 2.75) is 44.8 Å². The highest BCUT2D eigenvalue weighted by molar-refractivity contribution is 6.23. The first-order chi connectivity index (χ1) is 12.8. The molecule has 1 aromatic carbocycles. The zero-order valence-corrected chi connectivity index (χ0v) is 15.3. The number of hydrogen-bond donors (Lipinski definition) is 2. The molecule has 8 nitrogen and oxygen atoms in total. The molecule has 0 saturated carbocycles. The molecule has 0 bridgehead atoms. The number of rotatable bonds is 2. The summed E-state index contributed by atoms with van der Waals surface area (Å²) in [6, 6.07) is 4.96. The lowest BCUT2D eigenvalue weighted by Gasteiger charge is -2.37. The lowest BCUT2D eigenvalue weighted by Crippen LogP contribution is -2.54. The molecule has 4 rings (SSSR count). The van der Waals surface area contributed by atoms with Crippen LogP contribution in [0.1, 0.15) is 47.4 Å². The van der Waals surface area contributed by atoms with Crippen LogP contribution in [0.5, 0.6) is 0 Å². The van der Waals surface area contributed by atoms with Crippen molar-refractivity contribution in [1.82, 2.24) is 15.5 Å². The molecular formula is C19H22N4O4. The molecule has 4 amide bonds. The van der Waals surface area contributed by atoms with Gasteiger partial charge in [-0.2, -0.15) is 0 Å². The summed E-state index contributed by atoms with van der Waals surface area (Å²) in [5.41, 5.74) is 1.52. The largest absolute Gasteiger partial charge is 0.368 e. The maximum absolute atomic E-state index is 12.9. The quantitative estimate of drug-likeness (QED) is 0.726. The molecule has 0 aromatic heterocycles. The Kier molecular flexibility index (Phi) is 4.22. The first-order valence-corrected chi connectivity index (χ1v) is 9.22. The molecule has 8 heteroatoms. The Morgan fingerprint density at radius 3 is 2.30 bits per heavy atom. The number of imide groups is 2. The van der Waals surface area contributed by atoms with E-state index in [0.29, 0.717) is 23.2 Å². The molecule has 0 radical (unpaired) electrons. The summed E-state index contributed by atoms with van der Waals surface area (Å²) in [6.07, 6.45) is 0.279. The highest BCUT2D eigenvalue weighted by Crippen LogP contribution is 2.31. The molecular weight excluding hydrogens is 348 g/mol. The average Bonchev–Trinajstić information content (AvgIpc) is 2.85. The second kappa shape index (κ2) is 6.45. The van der Waals surface area contributed by atoms with E-state index in [1.165, 1.54) is 0 Å². The van der Waals surface area contributed by atoms with Crippen molar-refractivity contribution in [3.8, 4) is 0 Å². The molecule has 3 aliphatic rings. The fourth-order valence-corrected chi connectivity index (χ4v) is 4.19. The number of hydrogen-bond acceptors (Lipinski definition) is 6. The topological polar surface area (TPSA) is 98.8 Å². The van der Waals surface area contributed by atoms with Gasteiger partial charge in [0.05, 0.1) is 11.1 Å². The van der Waals surface area contributed by atoms with Gasteiger partial charge in [0.1, 0.15) is 6.04 Å². The van der Waals surface area contributed by atoms with Gasteiger partial charge in [-0.1, -0.05) is 0 Å². The van der Waals surface area contributed by atoms with Gasteiger partial charge in [-0.3, -0.25) is 29.4 Å². The van der Waals surface area contributed by atoms with Crippen molar-refractivity contribution in [2.75, 3.05) is 18.0 Å². The number of nitrogens with one attached hydrogen (secondary N) is 2. The SMILES string of the molecule is C[C@@H]1CN(c2ccc3c(c2)C(=O)N(C2CCC(=O)NC2=O)C3=O)C[C@H](C)N1. The predicted octanol–water partition coefficient (Wildman–Crippen LogP) is 0.274. The summed E-state index contributed by atoms with van der Waals surface area (Å²) in [5, 5.41) is 5.67. The number of piperazine rings is 1. The summed E-state index contributed by atoms with van der Waals surface area (Å²) in [5.74, 6) is -1.91. The smallest absolute Gasteiger partial charge is 0.262 e. The summed E-state index contributed by atoms with van der Waals surface area (Å²) in [7, 11) is 0. The zero-order valence-electron chi connectivity index (χ0n) is 15.3. The third-order valence-corrected chi connectivity index (χ3v) is 5.35. The van der Waals surface area contributed by atoms with Crippen molar-refractivity contribution in [2.24, 2.45) is 0 Å². The number of nitrogens with zero attached hydrogens (tertiary/aromatic N) is 2. The minimum absolute atomic E-state index is 0.117. The standard InChI is InChI=1S/C19H22N4O4/c1-10-8-22(9-11(2)20-10)12-3-4-13-14(7-12)19(27)23(18(13)26)15-5-6-16(24)21-17(15)25/h3-4,7,10-11,15,20H,5-6,8-9H2,1-2H3,(H,21,24,25)/t10-,11+,15?. The molecule has 2 N–H and O–H groups in total. The summed E-state index contributed by atoms with van der Waals surface area (Å²) >= 11 is 0. The summed E-state index contributed by atoms with van der Waals surface area (Å²) < 4.78 is 0. The maximum atomic E-state index is 12.9. The minimum Gasteiger partial charge on any atom is -0.368 e. The van der Waals surface area contributed by atoms with Gasteiger partial charge in [0.2, 0.25) is 11.8 Å². The van der Waals surface area contributed by atoms with E-state index in [1.807, 2.05) is 6.07 Å². The fraction of sp³-hybridized carbons (Fsp3) is 0.474. The second-order valence-corrected chi connectivity index (χ2v) is 7.55. The van der Waals surface area contributed by atoms with Crippen molar-refractivity contribution in [3.05, 3.63) is 29.3 Å². The van der Waals surface area contributed by atoms with Crippen LogP contribution in [0.25, 0.3) is 0 Å². The van der Waals surface area contributed by atoms with E-state index in [-0.39, 0.29) is 18.7 Å². The molecule has 1 aromatic rings. The Morgan fingerprint density at radius 2 is 1.63 bits per heavy atom. The first-order valence-electron chi connectivity index (χ1n) is 9.22. The molecule has 3 atom stereocenters. The van der Waals surface area contributed by atoms with Crippen LogP contribution in [0, 0.1) is 0 Å². The van der Waals surface area contributed by atoms with Crippen molar-refractivity contribution < 1.29 is 19.2 Å². The molecule has 142 valence electrons. The molecule has 2 saturated heterocycles. The van der Waals surface area contributed by atoms with Crippen LogP contribution in [0.3, 0.4) is 0 Å². The van der Waals surface area contributed by atoms with Crippen molar-refractivity contribution >= 4 is 29.3 Å². The Labute approximate surface area is 156 Å². The van der Waals surface area contributed by atoms with Crippen molar-refractivity contribution in [1.29, 1.82) is 0 Å². The van der Waals surface area contributed by atoms with Gasteiger partial charge in [-0.05, 0) is 38.5 Å². The van der Waals surface area contributed by atoms with Gasteiger partial charge in [0.25, 0.3) is 11.8 Å². The Hall–Kier alpha value is -2.74. The zero-order chi connectivity index (χ0) is 19.3. The van der Waals surface area contributed by atoms with Gasteiger partial charge >= 0.3 is 0 Å². The lowest BCUT2D eigenvalue weighted by molar-refractivity contribution is -0.136. The first kappa shape index (κ1) is 17.7. The predicted molar refractivity (Wildman–Crippen MR) is 97.4 cm³/mol. The maximum Gasteiger partial charge on any atom is 0.262 e. The van der Waals surface area contributed by atoms with Gasteiger partial charge in [0, 0.05) is 37.3 Å². The molecule has 3 heterocycles. The van der Waals surface area contributed by atoms with Crippen LogP contribution in [0.15, 0.2) is 18.2 Å². The van der Waals surface area contributed by atoms with Crippen LogP contribution < -0.4 is 15.5 Å². The van der Waals surface area contributed by atoms with Crippen LogP contribution >= 0.6 is 0 Å². The Morgan fingerprint density at radius 1 is 0.963 bits per heavy atom. The molecule has 1 unspecified atom stereocenters. The summed E-state index contributed by atoms with van der Waals surface area (Å²) in [4.78, 5) is 52.3. The van der Waals surface area contributed by atoms with E-state index in [1.54, 1.807) is 12.1 Å². The van der Waals surface area contributed by atoms with E-state index in [4.69, 9.17) is 0 Å². The fourth-order valence-electron chi connectivity index (χ4n) is 4.19. The number of piperidine rings is 1. The highest BCUT2D eigenvalue weighted by Gasteiger charge is 2.44. The van der Waals surface area contributed by atoms with Crippen LogP contribution in [0.2, 0.25) is 0 Å². The molecule has 0 aliphatic carbocycles. The molecule has 3 aliphatic heterocycles. The lowest BCUT2D eigenvalue weighted by atomic mass is 10.0. The summed E-state index contributed by atoms with van der Waals surface area (Å²) in [6.45, 7) is 5.83. The van der Waals surface area contributed by atoms with E-state index >= 15 is 0 Å². The van der Waals surface area contributed by atoms with Crippen LogP contribution in [0.4, 0.5) is 5.69 Å². The van der Waals surface area contributed by atoms with Gasteiger partial charge < -0.3 is 10.2 Å². The van der Waals surface area contributed by atoms with E-state index < -0.39 is 23.8 Å². The Bertz CT molecular complexity index is 842. The van der Waals surface area contributed by atoms with Crippen molar-refractivity contribution in [3.63, 3.8) is 0 Å². The normalized spacial score (nSPS) is 28.4. The van der Waals surface area contributed by atoms with Crippen LogP contribution in [-0.2, 0) is 9.59 Å². The van der Waals surface area contributed by atoms with Gasteiger partial charge in [-0.15, -0.1) is 0 Å². The number of anilines is 1. The second-order valence-electron chi connectivity index (χ2n) is 7.55. The minimum atomic E-state index is -0.933.